The molecule has 0 radical (unpaired) electrons. The maximum absolute atomic E-state index is 12.8. The molecule has 0 aliphatic rings. The number of pyridine rings is 1. The molecular formula is C23H30N4O5. The highest BCUT2D eigenvalue weighted by Gasteiger charge is 2.27. The number of fused-ring (bicyclic) bond motifs is 1. The second-order valence-electron chi connectivity index (χ2n) is 8.14. The number of amides is 1. The van der Waals surface area contributed by atoms with Gasteiger partial charge in [0, 0.05) is 18.5 Å². The maximum Gasteiger partial charge on any atom is 0.356 e. The molecule has 3 heterocycles. The molecule has 3 aromatic rings. The van der Waals surface area contributed by atoms with Crippen LogP contribution in [0.25, 0.3) is 11.0 Å². The highest BCUT2D eigenvalue weighted by atomic mass is 16.5. The molecule has 0 aliphatic carbocycles. The molecule has 32 heavy (non-hydrogen) atoms. The zero-order valence-electron chi connectivity index (χ0n) is 18.8. The van der Waals surface area contributed by atoms with Crippen LogP contribution >= 0.6 is 0 Å². The van der Waals surface area contributed by atoms with Crippen molar-refractivity contribution in [3.05, 3.63) is 42.1 Å². The van der Waals surface area contributed by atoms with E-state index in [1.165, 1.54) is 13.4 Å². The standard InChI is InChI=1S/C23H30N4O5/c1-14(2)8-10-27-20(23(30)31-4)19(26-22(29)18-6-5-11-32-18)17-12-16(13-25-21(17)27)24-9-7-15(3)28/h5-6,11-15,24,28H,7-10H2,1-4H3,(H,26,29)/t15-/m1/s1. The Hall–Kier alpha value is -3.33. The summed E-state index contributed by atoms with van der Waals surface area (Å²) in [5.74, 6) is -0.510. The van der Waals surface area contributed by atoms with Crippen LogP contribution in [-0.2, 0) is 11.3 Å². The van der Waals surface area contributed by atoms with Crippen molar-refractivity contribution >= 4 is 34.3 Å². The van der Waals surface area contributed by atoms with E-state index < -0.39 is 18.0 Å². The number of methoxy groups -OCH3 is 1. The molecule has 0 bridgehead atoms. The van der Waals surface area contributed by atoms with Crippen molar-refractivity contribution in [2.75, 3.05) is 24.3 Å². The predicted octanol–water partition coefficient (Wildman–Crippen LogP) is 3.90. The lowest BCUT2D eigenvalue weighted by atomic mass is 10.1. The van der Waals surface area contributed by atoms with Crippen molar-refractivity contribution in [3.8, 4) is 0 Å². The number of aliphatic hydroxyl groups is 1. The smallest absolute Gasteiger partial charge is 0.356 e. The van der Waals surface area contributed by atoms with Crippen molar-refractivity contribution in [1.29, 1.82) is 0 Å². The molecule has 1 atom stereocenters. The number of esters is 1. The van der Waals surface area contributed by atoms with Crippen LogP contribution in [-0.4, -0.2) is 46.3 Å². The van der Waals surface area contributed by atoms with E-state index >= 15 is 0 Å². The van der Waals surface area contributed by atoms with Gasteiger partial charge in [-0.1, -0.05) is 13.8 Å². The van der Waals surface area contributed by atoms with Crippen LogP contribution in [0.15, 0.2) is 35.1 Å². The number of nitrogens with zero attached hydrogens (tertiary/aromatic N) is 2. The topological polar surface area (TPSA) is 119 Å². The van der Waals surface area contributed by atoms with Gasteiger partial charge in [-0.2, -0.15) is 0 Å². The average molecular weight is 443 g/mol. The van der Waals surface area contributed by atoms with Crippen LogP contribution in [0.1, 0.15) is 54.7 Å². The van der Waals surface area contributed by atoms with Gasteiger partial charge in [-0.25, -0.2) is 9.78 Å². The van der Waals surface area contributed by atoms with E-state index in [0.717, 1.165) is 6.42 Å². The van der Waals surface area contributed by atoms with Gasteiger partial charge in [-0.3, -0.25) is 4.79 Å². The summed E-state index contributed by atoms with van der Waals surface area (Å²) in [4.78, 5) is 30.1. The van der Waals surface area contributed by atoms with E-state index in [0.29, 0.717) is 47.8 Å². The quantitative estimate of drug-likeness (QED) is 0.408. The number of nitrogens with one attached hydrogen (secondary N) is 2. The number of aryl methyl sites for hydroxylation is 1. The summed E-state index contributed by atoms with van der Waals surface area (Å²) in [6, 6.07) is 5.00. The fourth-order valence-corrected chi connectivity index (χ4v) is 3.37. The summed E-state index contributed by atoms with van der Waals surface area (Å²) < 4.78 is 12.0. The van der Waals surface area contributed by atoms with Gasteiger partial charge in [-0.15, -0.1) is 0 Å². The molecule has 0 saturated heterocycles. The minimum atomic E-state index is -0.565. The van der Waals surface area contributed by atoms with Crippen molar-refractivity contribution in [2.24, 2.45) is 5.92 Å². The molecule has 0 saturated carbocycles. The number of furan rings is 1. The van der Waals surface area contributed by atoms with Gasteiger partial charge < -0.3 is 29.5 Å². The first-order valence-electron chi connectivity index (χ1n) is 10.7. The lowest BCUT2D eigenvalue weighted by Crippen LogP contribution is -2.17. The lowest BCUT2D eigenvalue weighted by Gasteiger charge is -2.12. The molecule has 0 fully saturated rings. The van der Waals surface area contributed by atoms with Crippen LogP contribution in [0.3, 0.4) is 0 Å². The van der Waals surface area contributed by atoms with E-state index in [1.807, 2.05) is 6.07 Å². The predicted molar refractivity (Wildman–Crippen MR) is 122 cm³/mol. The van der Waals surface area contributed by atoms with Gasteiger partial charge in [0.1, 0.15) is 5.65 Å². The van der Waals surface area contributed by atoms with E-state index in [9.17, 15) is 14.7 Å². The molecule has 3 N–H and O–H groups in total. The molecule has 9 nitrogen and oxygen atoms in total. The highest BCUT2D eigenvalue weighted by molar-refractivity contribution is 6.14. The second-order valence-corrected chi connectivity index (χ2v) is 8.14. The Bertz CT molecular complexity index is 1070. The molecule has 3 rings (SSSR count). The van der Waals surface area contributed by atoms with Crippen molar-refractivity contribution in [3.63, 3.8) is 0 Å². The second kappa shape index (κ2) is 10.3. The number of aliphatic hydroxyl groups excluding tert-OH is 1. The largest absolute Gasteiger partial charge is 0.464 e. The van der Waals surface area contributed by atoms with E-state index in [2.05, 4.69) is 29.5 Å². The molecule has 3 aromatic heterocycles. The van der Waals surface area contributed by atoms with E-state index in [1.54, 1.807) is 29.8 Å². The minimum Gasteiger partial charge on any atom is -0.464 e. The van der Waals surface area contributed by atoms with Gasteiger partial charge >= 0.3 is 5.97 Å². The number of rotatable bonds is 10. The fraction of sp³-hybridized carbons (Fsp3) is 0.435. The van der Waals surface area contributed by atoms with Gasteiger partial charge in [0.05, 0.1) is 37.0 Å². The lowest BCUT2D eigenvalue weighted by molar-refractivity contribution is 0.0589. The van der Waals surface area contributed by atoms with Crippen LogP contribution in [0, 0.1) is 5.92 Å². The normalized spacial score (nSPS) is 12.2. The monoisotopic (exact) mass is 442 g/mol. The Morgan fingerprint density at radius 3 is 2.69 bits per heavy atom. The van der Waals surface area contributed by atoms with E-state index in [4.69, 9.17) is 9.15 Å². The number of hydrogen-bond acceptors (Lipinski definition) is 7. The first kappa shape index (κ1) is 23.3. The summed E-state index contributed by atoms with van der Waals surface area (Å²) in [6.45, 7) is 7.01. The average Bonchev–Trinajstić information content (AvgIpc) is 3.38. The maximum atomic E-state index is 12.8. The molecule has 0 aliphatic heterocycles. The Labute approximate surface area is 186 Å². The first-order chi connectivity index (χ1) is 15.3. The van der Waals surface area contributed by atoms with Gasteiger partial charge in [-0.05, 0) is 43.9 Å². The van der Waals surface area contributed by atoms with Crippen LogP contribution < -0.4 is 10.6 Å². The number of aromatic nitrogens is 2. The number of ether oxygens (including phenoxy) is 1. The van der Waals surface area contributed by atoms with E-state index in [-0.39, 0.29) is 11.5 Å². The SMILES string of the molecule is COC(=O)c1c(NC(=O)c2ccco2)c2cc(NCC[C@@H](C)O)cnc2n1CCC(C)C. The van der Waals surface area contributed by atoms with Gasteiger partial charge in [0.2, 0.25) is 0 Å². The summed E-state index contributed by atoms with van der Waals surface area (Å²) >= 11 is 0. The summed E-state index contributed by atoms with van der Waals surface area (Å²) in [5, 5.41) is 16.1. The first-order valence-corrected chi connectivity index (χ1v) is 10.7. The third kappa shape index (κ3) is 5.28. The molecule has 0 unspecified atom stereocenters. The van der Waals surface area contributed by atoms with Gasteiger partial charge in [0.25, 0.3) is 5.91 Å². The molecule has 1 amide bonds. The summed E-state index contributed by atoms with van der Waals surface area (Å²) in [7, 11) is 1.31. The molecular weight excluding hydrogens is 412 g/mol. The zero-order valence-corrected chi connectivity index (χ0v) is 18.8. The van der Waals surface area contributed by atoms with Gasteiger partial charge in [0.15, 0.2) is 11.5 Å². The number of carbonyl (C=O) groups is 2. The molecule has 172 valence electrons. The Morgan fingerprint density at radius 1 is 1.28 bits per heavy atom. The number of hydrogen-bond donors (Lipinski definition) is 3. The molecule has 0 spiro atoms. The zero-order chi connectivity index (χ0) is 23.3. The van der Waals surface area contributed by atoms with Crippen molar-refractivity contribution in [1.82, 2.24) is 9.55 Å². The van der Waals surface area contributed by atoms with Crippen LogP contribution in [0.5, 0.6) is 0 Å². The minimum absolute atomic E-state index is 0.128. The van der Waals surface area contributed by atoms with Crippen LogP contribution in [0.2, 0.25) is 0 Å². The summed E-state index contributed by atoms with van der Waals surface area (Å²) in [5.41, 5.74) is 1.84. The molecule has 0 aromatic carbocycles. The Balaban J connectivity index is 2.10. The van der Waals surface area contributed by atoms with Crippen molar-refractivity contribution < 1.29 is 23.8 Å². The van der Waals surface area contributed by atoms with Crippen molar-refractivity contribution in [2.45, 2.75) is 46.3 Å². The third-order valence-corrected chi connectivity index (χ3v) is 5.08. The number of anilines is 2. The van der Waals surface area contributed by atoms with Crippen LogP contribution in [0.4, 0.5) is 11.4 Å². The fourth-order valence-electron chi connectivity index (χ4n) is 3.37. The number of carbonyl (C=O) groups excluding carboxylic acids is 2. The Kier molecular flexibility index (Phi) is 7.53. The summed E-state index contributed by atoms with van der Waals surface area (Å²) in [6.07, 6.45) is 4.05. The molecule has 9 heteroatoms. The highest BCUT2D eigenvalue weighted by Crippen LogP contribution is 2.33. The Morgan fingerprint density at radius 2 is 2.06 bits per heavy atom. The third-order valence-electron chi connectivity index (χ3n) is 5.08.